The molecule has 0 bridgehead atoms. The van der Waals surface area contributed by atoms with Gasteiger partial charge in [-0.05, 0) is 29.8 Å². The Morgan fingerprint density at radius 1 is 1.17 bits per heavy atom. The zero-order valence-corrected chi connectivity index (χ0v) is 13.7. The van der Waals surface area contributed by atoms with Gasteiger partial charge in [0, 0.05) is 25.6 Å². The molecule has 3 rings (SSSR count). The van der Waals surface area contributed by atoms with Gasteiger partial charge in [0.1, 0.15) is 0 Å². The van der Waals surface area contributed by atoms with Crippen molar-refractivity contribution in [2.45, 2.75) is 13.0 Å². The topological polar surface area (TPSA) is 51.2 Å². The van der Waals surface area contributed by atoms with Gasteiger partial charge in [0.05, 0.1) is 21.8 Å². The van der Waals surface area contributed by atoms with Crippen LogP contribution in [0.25, 0.3) is 10.2 Å². The Kier molecular flexibility index (Phi) is 5.00. The first kappa shape index (κ1) is 15.6. The van der Waals surface area contributed by atoms with E-state index in [-0.39, 0.29) is 5.91 Å². The lowest BCUT2D eigenvalue weighted by Gasteiger charge is -2.05. The normalized spacial score (nSPS) is 10.8. The van der Waals surface area contributed by atoms with Crippen LogP contribution >= 0.6 is 11.3 Å². The van der Waals surface area contributed by atoms with Crippen LogP contribution in [0.4, 0.5) is 0 Å². The van der Waals surface area contributed by atoms with Crippen molar-refractivity contribution in [3.8, 4) is 0 Å². The summed E-state index contributed by atoms with van der Waals surface area (Å²) in [5.74, 6) is -0.0601. The van der Waals surface area contributed by atoms with Gasteiger partial charge in [-0.25, -0.2) is 4.98 Å². The highest BCUT2D eigenvalue weighted by atomic mass is 32.1. The number of amides is 1. The van der Waals surface area contributed by atoms with Crippen LogP contribution in [0, 0.1) is 0 Å². The predicted octanol–water partition coefficient (Wildman–Crippen LogP) is 3.42. The second kappa shape index (κ2) is 7.35. The highest BCUT2D eigenvalue weighted by molar-refractivity contribution is 7.18. The quantitative estimate of drug-likeness (QED) is 0.755. The van der Waals surface area contributed by atoms with Crippen LogP contribution in [-0.2, 0) is 17.8 Å². The number of para-hydroxylation sites is 1. The molecule has 0 aliphatic carbocycles. The molecule has 1 N–H and O–H groups in total. The number of thiazole rings is 1. The van der Waals surface area contributed by atoms with E-state index in [0.29, 0.717) is 18.7 Å². The van der Waals surface area contributed by atoms with Crippen molar-refractivity contribution in [3.63, 3.8) is 0 Å². The zero-order valence-electron chi connectivity index (χ0n) is 12.9. The van der Waals surface area contributed by atoms with Gasteiger partial charge < -0.3 is 10.1 Å². The van der Waals surface area contributed by atoms with E-state index in [9.17, 15) is 4.79 Å². The summed E-state index contributed by atoms with van der Waals surface area (Å²) in [6, 6.07) is 15.5. The van der Waals surface area contributed by atoms with E-state index in [0.717, 1.165) is 22.5 Å². The van der Waals surface area contributed by atoms with Crippen LogP contribution in [0.15, 0.2) is 48.5 Å². The molecule has 1 amide bonds. The third-order valence-electron chi connectivity index (χ3n) is 3.49. The number of carbonyl (C=O) groups excluding carboxylic acids is 1. The van der Waals surface area contributed by atoms with E-state index in [1.54, 1.807) is 18.4 Å². The van der Waals surface area contributed by atoms with Gasteiger partial charge >= 0.3 is 0 Å². The summed E-state index contributed by atoms with van der Waals surface area (Å²) < 4.78 is 6.24. The summed E-state index contributed by atoms with van der Waals surface area (Å²) in [5.41, 5.74) is 2.74. The highest BCUT2D eigenvalue weighted by Crippen LogP contribution is 2.21. The molecule has 0 saturated heterocycles. The van der Waals surface area contributed by atoms with E-state index in [2.05, 4.69) is 16.4 Å². The monoisotopic (exact) mass is 326 g/mol. The molecule has 23 heavy (non-hydrogen) atoms. The van der Waals surface area contributed by atoms with Crippen molar-refractivity contribution in [2.24, 2.45) is 0 Å². The minimum Gasteiger partial charge on any atom is -0.380 e. The largest absolute Gasteiger partial charge is 0.380 e. The number of methoxy groups -OCH3 is 1. The van der Waals surface area contributed by atoms with Gasteiger partial charge in [0.25, 0.3) is 5.91 Å². The lowest BCUT2D eigenvalue weighted by molar-refractivity contribution is 0.0954. The fraction of sp³-hybridized carbons (Fsp3) is 0.222. The van der Waals surface area contributed by atoms with Crippen molar-refractivity contribution in [2.75, 3.05) is 13.7 Å². The number of nitrogens with zero attached hydrogens (tertiary/aromatic N) is 1. The Balaban J connectivity index is 1.54. The maximum atomic E-state index is 12.1. The van der Waals surface area contributed by atoms with E-state index in [1.165, 1.54) is 4.70 Å². The molecular weight excluding hydrogens is 308 g/mol. The highest BCUT2D eigenvalue weighted by Gasteiger charge is 2.07. The van der Waals surface area contributed by atoms with E-state index < -0.39 is 0 Å². The number of rotatable bonds is 6. The predicted molar refractivity (Wildman–Crippen MR) is 92.8 cm³/mol. The van der Waals surface area contributed by atoms with Crippen molar-refractivity contribution in [3.05, 3.63) is 64.7 Å². The molecule has 0 unspecified atom stereocenters. The second-order valence-corrected chi connectivity index (χ2v) is 6.33. The SMILES string of the molecule is COCc1ccc(C(=O)NCCc2nc3ccccc3s2)cc1. The first-order valence-electron chi connectivity index (χ1n) is 7.47. The second-order valence-electron chi connectivity index (χ2n) is 5.21. The molecule has 0 radical (unpaired) electrons. The van der Waals surface area contributed by atoms with Crippen LogP contribution in [0.2, 0.25) is 0 Å². The first-order chi connectivity index (χ1) is 11.3. The van der Waals surface area contributed by atoms with Gasteiger partial charge in [-0.2, -0.15) is 0 Å². The Labute approximate surface area is 139 Å². The molecule has 0 fully saturated rings. The molecule has 0 aliphatic heterocycles. The number of carbonyl (C=O) groups is 1. The molecule has 0 saturated carbocycles. The van der Waals surface area contributed by atoms with Crippen LogP contribution < -0.4 is 5.32 Å². The Bertz CT molecular complexity index is 763. The summed E-state index contributed by atoms with van der Waals surface area (Å²) in [4.78, 5) is 16.7. The van der Waals surface area contributed by atoms with Crippen molar-refractivity contribution in [1.82, 2.24) is 10.3 Å². The lowest BCUT2D eigenvalue weighted by atomic mass is 10.1. The maximum Gasteiger partial charge on any atom is 0.251 e. The lowest BCUT2D eigenvalue weighted by Crippen LogP contribution is -2.25. The Morgan fingerprint density at radius 2 is 1.96 bits per heavy atom. The molecule has 0 atom stereocenters. The summed E-state index contributed by atoms with van der Waals surface area (Å²) in [7, 11) is 1.66. The van der Waals surface area contributed by atoms with Crippen molar-refractivity contribution in [1.29, 1.82) is 0 Å². The van der Waals surface area contributed by atoms with Crippen molar-refractivity contribution < 1.29 is 9.53 Å². The molecule has 3 aromatic rings. The summed E-state index contributed by atoms with van der Waals surface area (Å²) in [5, 5.41) is 3.98. The van der Waals surface area contributed by atoms with Gasteiger partial charge in [0.2, 0.25) is 0 Å². The Hall–Kier alpha value is -2.24. The van der Waals surface area contributed by atoms with Crippen molar-refractivity contribution >= 4 is 27.5 Å². The average molecular weight is 326 g/mol. The van der Waals surface area contributed by atoms with Gasteiger partial charge in [-0.15, -0.1) is 11.3 Å². The third-order valence-corrected chi connectivity index (χ3v) is 4.59. The summed E-state index contributed by atoms with van der Waals surface area (Å²) in [6.45, 7) is 1.14. The summed E-state index contributed by atoms with van der Waals surface area (Å²) >= 11 is 1.68. The van der Waals surface area contributed by atoms with Gasteiger partial charge in [-0.1, -0.05) is 24.3 Å². The number of hydrogen-bond acceptors (Lipinski definition) is 4. The van der Waals surface area contributed by atoms with Gasteiger partial charge in [0.15, 0.2) is 0 Å². The van der Waals surface area contributed by atoms with Crippen LogP contribution in [0.1, 0.15) is 20.9 Å². The molecule has 4 nitrogen and oxygen atoms in total. The third kappa shape index (κ3) is 3.94. The molecule has 2 aromatic carbocycles. The van der Waals surface area contributed by atoms with Gasteiger partial charge in [-0.3, -0.25) is 4.79 Å². The molecule has 0 aliphatic rings. The average Bonchev–Trinajstić information content (AvgIpc) is 2.98. The fourth-order valence-corrected chi connectivity index (χ4v) is 3.30. The smallest absolute Gasteiger partial charge is 0.251 e. The van der Waals surface area contributed by atoms with Crippen LogP contribution in [0.5, 0.6) is 0 Å². The number of ether oxygens (including phenoxy) is 1. The molecule has 1 heterocycles. The molecule has 1 aromatic heterocycles. The minimum absolute atomic E-state index is 0.0601. The van der Waals surface area contributed by atoms with E-state index in [4.69, 9.17) is 4.74 Å². The molecular formula is C18H18N2O2S. The number of hydrogen-bond donors (Lipinski definition) is 1. The maximum absolute atomic E-state index is 12.1. The molecule has 5 heteroatoms. The number of aromatic nitrogens is 1. The molecule has 118 valence electrons. The number of benzene rings is 2. The van der Waals surface area contributed by atoms with E-state index >= 15 is 0 Å². The van der Waals surface area contributed by atoms with Crippen LogP contribution in [0.3, 0.4) is 0 Å². The number of fused-ring (bicyclic) bond motifs is 1. The minimum atomic E-state index is -0.0601. The molecule has 0 spiro atoms. The number of nitrogens with one attached hydrogen (secondary N) is 1. The summed E-state index contributed by atoms with van der Waals surface area (Å²) in [6.07, 6.45) is 0.743. The first-order valence-corrected chi connectivity index (χ1v) is 8.28. The van der Waals surface area contributed by atoms with E-state index in [1.807, 2.05) is 42.5 Å². The van der Waals surface area contributed by atoms with Crippen LogP contribution in [-0.4, -0.2) is 24.5 Å². The Morgan fingerprint density at radius 3 is 2.70 bits per heavy atom. The fourth-order valence-electron chi connectivity index (χ4n) is 2.33. The zero-order chi connectivity index (χ0) is 16.1. The standard InChI is InChI=1S/C18H18N2O2S/c1-22-12-13-6-8-14(9-7-13)18(21)19-11-10-17-20-15-4-2-3-5-16(15)23-17/h2-9H,10-12H2,1H3,(H,19,21).